The van der Waals surface area contributed by atoms with Gasteiger partial charge in [-0.25, -0.2) is 0 Å². The number of carboxylic acids is 1. The number of hydrogen-bond donors (Lipinski definition) is 3. The number of hydrogen-bond acceptors (Lipinski definition) is 6. The van der Waals surface area contributed by atoms with Crippen LogP contribution in [0.15, 0.2) is 10.6 Å². The second kappa shape index (κ2) is 4.98. The fourth-order valence-electron chi connectivity index (χ4n) is 2.04. The lowest BCUT2D eigenvalue weighted by molar-refractivity contribution is -0.143. The number of likely N-dealkylation sites (tertiary alicyclic amines) is 1. The van der Waals surface area contributed by atoms with Gasteiger partial charge in [0.25, 0.3) is 0 Å². The number of carbonyl (C=O) groups excluding carboxylic acids is 1. The summed E-state index contributed by atoms with van der Waals surface area (Å²) < 4.78 is 4.82. The maximum absolute atomic E-state index is 11.7. The Kier molecular flexibility index (Phi) is 3.54. The third-order valence-corrected chi connectivity index (χ3v) is 3.07. The first-order valence-electron chi connectivity index (χ1n) is 5.87. The van der Waals surface area contributed by atoms with Crippen molar-refractivity contribution in [2.24, 2.45) is 5.73 Å². The highest BCUT2D eigenvalue weighted by Gasteiger charge is 2.41. The van der Waals surface area contributed by atoms with Crippen LogP contribution < -0.4 is 11.1 Å². The molecule has 0 bridgehead atoms. The summed E-state index contributed by atoms with van der Waals surface area (Å²) in [7, 11) is 0. The number of rotatable bonds is 4. The first kappa shape index (κ1) is 13.5. The van der Waals surface area contributed by atoms with E-state index in [2.05, 4.69) is 10.5 Å². The van der Waals surface area contributed by atoms with E-state index in [4.69, 9.17) is 15.4 Å². The van der Waals surface area contributed by atoms with Gasteiger partial charge in [-0.1, -0.05) is 5.16 Å². The molecule has 1 aromatic heterocycles. The quantitative estimate of drug-likeness (QED) is 0.667. The van der Waals surface area contributed by atoms with Crippen molar-refractivity contribution >= 4 is 17.7 Å². The lowest BCUT2D eigenvalue weighted by atomic mass is 10.0. The van der Waals surface area contributed by atoms with Gasteiger partial charge >= 0.3 is 5.97 Å². The molecule has 19 heavy (non-hydrogen) atoms. The van der Waals surface area contributed by atoms with Crippen LogP contribution in [-0.2, 0) is 9.59 Å². The van der Waals surface area contributed by atoms with Crippen LogP contribution in [0.3, 0.4) is 0 Å². The molecule has 1 saturated heterocycles. The lowest BCUT2D eigenvalue weighted by Crippen LogP contribution is -2.50. The highest BCUT2D eigenvalue weighted by molar-refractivity contribution is 5.91. The van der Waals surface area contributed by atoms with Crippen molar-refractivity contribution in [3.63, 3.8) is 0 Å². The van der Waals surface area contributed by atoms with Gasteiger partial charge in [0.05, 0.1) is 6.54 Å². The first-order chi connectivity index (χ1) is 8.89. The second-order valence-corrected chi connectivity index (χ2v) is 4.79. The Morgan fingerprint density at radius 3 is 2.95 bits per heavy atom. The van der Waals surface area contributed by atoms with Crippen molar-refractivity contribution in [1.82, 2.24) is 10.1 Å². The molecule has 0 radical (unpaired) electrons. The average Bonchev–Trinajstić information content (AvgIpc) is 2.87. The third kappa shape index (κ3) is 3.09. The Morgan fingerprint density at radius 2 is 2.42 bits per heavy atom. The van der Waals surface area contributed by atoms with Crippen LogP contribution in [0.5, 0.6) is 0 Å². The molecular formula is C11H16N4O4. The van der Waals surface area contributed by atoms with Crippen LogP contribution in [0, 0.1) is 6.92 Å². The summed E-state index contributed by atoms with van der Waals surface area (Å²) in [5.74, 6) is -0.368. The van der Waals surface area contributed by atoms with Crippen LogP contribution in [0.1, 0.15) is 12.2 Å². The Bertz CT molecular complexity index is 501. The van der Waals surface area contributed by atoms with Crippen molar-refractivity contribution in [1.29, 1.82) is 0 Å². The molecule has 1 aliphatic heterocycles. The van der Waals surface area contributed by atoms with Gasteiger partial charge < -0.3 is 20.7 Å². The van der Waals surface area contributed by atoms with Crippen LogP contribution in [0.25, 0.3) is 0 Å². The van der Waals surface area contributed by atoms with Gasteiger partial charge in [-0.3, -0.25) is 14.5 Å². The Labute approximate surface area is 109 Å². The highest BCUT2D eigenvalue weighted by Crippen LogP contribution is 2.18. The molecule has 4 N–H and O–H groups in total. The molecule has 104 valence electrons. The van der Waals surface area contributed by atoms with Crippen molar-refractivity contribution in [2.75, 3.05) is 25.0 Å². The standard InChI is InChI=1S/C11H16N4O4/c1-7-4-8(14-19-7)13-9(16)5-15-3-2-11(12,6-15)10(17)18/h4H,2-3,5-6,12H2,1H3,(H,17,18)(H,13,14,16). The minimum Gasteiger partial charge on any atom is -0.480 e. The number of nitrogens with two attached hydrogens (primary N) is 1. The van der Waals surface area contributed by atoms with Gasteiger partial charge in [-0.05, 0) is 13.3 Å². The number of aliphatic carboxylic acids is 1. The normalized spacial score (nSPS) is 23.5. The van der Waals surface area contributed by atoms with Gasteiger partial charge in [-0.15, -0.1) is 0 Å². The Hall–Kier alpha value is -1.93. The Balaban J connectivity index is 1.86. The summed E-state index contributed by atoms with van der Waals surface area (Å²) in [6, 6.07) is 1.60. The smallest absolute Gasteiger partial charge is 0.325 e. The topological polar surface area (TPSA) is 122 Å². The molecule has 1 aromatic rings. The summed E-state index contributed by atoms with van der Waals surface area (Å²) in [6.07, 6.45) is 0.332. The van der Waals surface area contributed by atoms with Crippen LogP contribution >= 0.6 is 0 Å². The maximum Gasteiger partial charge on any atom is 0.325 e. The molecule has 1 atom stereocenters. The van der Waals surface area contributed by atoms with E-state index < -0.39 is 11.5 Å². The second-order valence-electron chi connectivity index (χ2n) is 4.79. The maximum atomic E-state index is 11.7. The molecule has 1 amide bonds. The van der Waals surface area contributed by atoms with Crippen LogP contribution in [-0.4, -0.2) is 52.2 Å². The van der Waals surface area contributed by atoms with E-state index in [1.165, 1.54) is 0 Å². The molecule has 0 spiro atoms. The van der Waals surface area contributed by atoms with Crippen molar-refractivity contribution in [2.45, 2.75) is 18.9 Å². The summed E-state index contributed by atoms with van der Waals surface area (Å²) in [5.41, 5.74) is 4.46. The zero-order valence-electron chi connectivity index (χ0n) is 10.5. The van der Waals surface area contributed by atoms with E-state index in [1.807, 2.05) is 0 Å². The van der Waals surface area contributed by atoms with Gasteiger partial charge in [0, 0.05) is 19.2 Å². The van der Waals surface area contributed by atoms with Gasteiger partial charge in [0.1, 0.15) is 11.3 Å². The molecule has 0 aromatic carbocycles. The summed E-state index contributed by atoms with van der Waals surface area (Å²) in [4.78, 5) is 24.4. The molecule has 8 nitrogen and oxygen atoms in total. The summed E-state index contributed by atoms with van der Waals surface area (Å²) >= 11 is 0. The molecule has 1 unspecified atom stereocenters. The van der Waals surface area contributed by atoms with Gasteiger partial charge in [0.2, 0.25) is 5.91 Å². The number of aryl methyl sites for hydroxylation is 1. The molecule has 1 aliphatic rings. The van der Waals surface area contributed by atoms with Crippen LogP contribution in [0.4, 0.5) is 5.82 Å². The number of carboxylic acid groups (broad SMARTS) is 1. The first-order valence-corrected chi connectivity index (χ1v) is 5.87. The molecule has 2 rings (SSSR count). The number of nitrogens with one attached hydrogen (secondary N) is 1. The monoisotopic (exact) mass is 268 g/mol. The molecule has 1 fully saturated rings. The Morgan fingerprint density at radius 1 is 1.68 bits per heavy atom. The largest absolute Gasteiger partial charge is 0.480 e. The fourth-order valence-corrected chi connectivity index (χ4v) is 2.04. The number of aromatic nitrogens is 1. The van der Waals surface area contributed by atoms with Crippen molar-refractivity contribution in [3.05, 3.63) is 11.8 Å². The lowest BCUT2D eigenvalue weighted by Gasteiger charge is -2.19. The SMILES string of the molecule is Cc1cc(NC(=O)CN2CCC(N)(C(=O)O)C2)no1. The predicted molar refractivity (Wildman–Crippen MR) is 65.5 cm³/mol. The van der Waals surface area contributed by atoms with Gasteiger partial charge in [0.15, 0.2) is 5.82 Å². The molecule has 0 saturated carbocycles. The number of carbonyl (C=O) groups is 2. The summed E-state index contributed by atoms with van der Waals surface area (Å²) in [5, 5.41) is 15.2. The third-order valence-electron chi connectivity index (χ3n) is 3.07. The number of nitrogens with zero attached hydrogens (tertiary/aromatic N) is 2. The molecule has 0 aliphatic carbocycles. The van der Waals surface area contributed by atoms with E-state index in [0.717, 1.165) is 0 Å². The molecular weight excluding hydrogens is 252 g/mol. The van der Waals surface area contributed by atoms with E-state index in [9.17, 15) is 9.59 Å². The van der Waals surface area contributed by atoms with E-state index in [1.54, 1.807) is 17.9 Å². The van der Waals surface area contributed by atoms with Crippen molar-refractivity contribution in [3.8, 4) is 0 Å². The van der Waals surface area contributed by atoms with Gasteiger partial charge in [-0.2, -0.15) is 0 Å². The van der Waals surface area contributed by atoms with Crippen LogP contribution in [0.2, 0.25) is 0 Å². The number of amides is 1. The van der Waals surface area contributed by atoms with E-state index in [-0.39, 0.29) is 19.0 Å². The van der Waals surface area contributed by atoms with E-state index in [0.29, 0.717) is 24.5 Å². The molecule has 2 heterocycles. The predicted octanol–water partition coefficient (Wildman–Crippen LogP) is -0.591. The number of anilines is 1. The minimum atomic E-state index is -1.26. The van der Waals surface area contributed by atoms with E-state index >= 15 is 0 Å². The minimum absolute atomic E-state index is 0.0815. The van der Waals surface area contributed by atoms with Crippen molar-refractivity contribution < 1.29 is 19.2 Å². The zero-order valence-corrected chi connectivity index (χ0v) is 10.5. The fraction of sp³-hybridized carbons (Fsp3) is 0.545. The summed E-state index contributed by atoms with van der Waals surface area (Å²) in [6.45, 7) is 2.44. The average molecular weight is 268 g/mol. The molecule has 8 heteroatoms. The highest BCUT2D eigenvalue weighted by atomic mass is 16.5. The zero-order chi connectivity index (χ0) is 14.0.